The van der Waals surface area contributed by atoms with Crippen LogP contribution >= 0.6 is 0 Å². The molecule has 1 atom stereocenters. The Hall–Kier alpha value is -1.85. The van der Waals surface area contributed by atoms with Gasteiger partial charge in [0.15, 0.2) is 0 Å². The highest BCUT2D eigenvalue weighted by Crippen LogP contribution is 2.29. The van der Waals surface area contributed by atoms with E-state index < -0.39 is 0 Å². The number of likely N-dealkylation sites (tertiary alicyclic amines) is 1. The number of piperidine rings is 1. The Kier molecular flexibility index (Phi) is 6.33. The lowest BCUT2D eigenvalue weighted by atomic mass is 9.99. The summed E-state index contributed by atoms with van der Waals surface area (Å²) in [5, 5.41) is 0. The van der Waals surface area contributed by atoms with E-state index >= 15 is 0 Å². The molecule has 0 saturated carbocycles. The number of nitrogens with zero attached hydrogens (tertiary/aromatic N) is 2. The zero-order valence-electron chi connectivity index (χ0n) is 16.4. The number of ether oxygens (including phenoxy) is 2. The first kappa shape index (κ1) is 18.9. The van der Waals surface area contributed by atoms with Gasteiger partial charge in [0.1, 0.15) is 11.5 Å². The maximum atomic E-state index is 5.98. The Bertz CT molecular complexity index is 726. The highest BCUT2D eigenvalue weighted by atomic mass is 16.5. The Morgan fingerprint density at radius 3 is 2.81 bits per heavy atom. The van der Waals surface area contributed by atoms with Crippen molar-refractivity contribution in [2.24, 2.45) is 0 Å². The summed E-state index contributed by atoms with van der Waals surface area (Å²) in [4.78, 5) is 7.34. The van der Waals surface area contributed by atoms with Crippen LogP contribution in [-0.2, 0) is 11.3 Å². The van der Waals surface area contributed by atoms with E-state index in [1.165, 1.54) is 19.3 Å². The van der Waals surface area contributed by atoms with Gasteiger partial charge in [-0.05, 0) is 63.4 Å². The molecule has 0 unspecified atom stereocenters. The molecule has 0 radical (unpaired) electrons. The highest BCUT2D eigenvalue weighted by Gasteiger charge is 2.24. The van der Waals surface area contributed by atoms with Gasteiger partial charge >= 0.3 is 0 Å². The Labute approximate surface area is 156 Å². The van der Waals surface area contributed by atoms with Gasteiger partial charge in [-0.25, -0.2) is 4.98 Å². The van der Waals surface area contributed by atoms with Crippen LogP contribution in [0, 0.1) is 13.8 Å². The quantitative estimate of drug-likeness (QED) is 0.736. The minimum absolute atomic E-state index is 0.575. The zero-order chi connectivity index (χ0) is 18.5. The van der Waals surface area contributed by atoms with Crippen molar-refractivity contribution in [1.29, 1.82) is 0 Å². The lowest BCUT2D eigenvalue weighted by Gasteiger charge is -2.35. The summed E-state index contributed by atoms with van der Waals surface area (Å²) < 4.78 is 16.6. The van der Waals surface area contributed by atoms with Gasteiger partial charge in [0, 0.05) is 31.9 Å². The van der Waals surface area contributed by atoms with Crippen molar-refractivity contribution in [2.75, 3.05) is 27.4 Å². The van der Waals surface area contributed by atoms with Gasteiger partial charge in [-0.3, -0.25) is 4.90 Å². The van der Waals surface area contributed by atoms with Crippen molar-refractivity contribution >= 4 is 0 Å². The topological polar surface area (TPSA) is 47.7 Å². The number of benzene rings is 1. The molecule has 1 saturated heterocycles. The van der Waals surface area contributed by atoms with E-state index in [0.717, 1.165) is 54.4 Å². The molecule has 142 valence electrons. The predicted molar refractivity (Wildman–Crippen MR) is 103 cm³/mol. The van der Waals surface area contributed by atoms with Gasteiger partial charge in [0.05, 0.1) is 12.8 Å². The molecule has 2 aromatic rings. The number of aromatic nitrogens is 1. The fraction of sp³-hybridized carbons (Fsp3) is 0.571. The van der Waals surface area contributed by atoms with E-state index in [9.17, 15) is 0 Å². The third-order valence-corrected chi connectivity index (χ3v) is 5.29. The molecule has 0 spiro atoms. The first-order valence-electron chi connectivity index (χ1n) is 9.46. The Morgan fingerprint density at radius 1 is 1.23 bits per heavy atom. The fourth-order valence-corrected chi connectivity index (χ4v) is 3.75. The minimum Gasteiger partial charge on any atom is -0.496 e. The molecule has 0 amide bonds. The number of aryl methyl sites for hydroxylation is 2. The van der Waals surface area contributed by atoms with Crippen LogP contribution in [0.2, 0.25) is 0 Å². The number of hydrogen-bond donors (Lipinski definition) is 0. The molecule has 1 fully saturated rings. The molecule has 5 heteroatoms. The number of rotatable bonds is 7. The van der Waals surface area contributed by atoms with Crippen molar-refractivity contribution in [3.63, 3.8) is 0 Å². The SMILES string of the molecule is COCC[C@@H]1CCCCN1Cc1nc(-c2ccc(OC)c(C)c2)oc1C. The summed E-state index contributed by atoms with van der Waals surface area (Å²) in [5.74, 6) is 2.48. The van der Waals surface area contributed by atoms with Crippen molar-refractivity contribution in [2.45, 2.75) is 52.1 Å². The standard InChI is InChI=1S/C21H30N2O3/c1-15-13-17(8-9-20(15)25-4)21-22-19(16(2)26-21)14-23-11-6-5-7-18(23)10-12-24-3/h8-9,13,18H,5-7,10-12,14H2,1-4H3/t18-/m0/s1. The van der Waals surface area contributed by atoms with Crippen molar-refractivity contribution in [1.82, 2.24) is 9.88 Å². The molecular formula is C21H30N2O3. The van der Waals surface area contributed by atoms with Crippen molar-refractivity contribution in [3.8, 4) is 17.2 Å². The third kappa shape index (κ3) is 4.27. The largest absolute Gasteiger partial charge is 0.496 e. The molecule has 0 bridgehead atoms. The lowest BCUT2D eigenvalue weighted by molar-refractivity contribution is 0.0961. The molecule has 1 aliphatic heterocycles. The normalized spacial score (nSPS) is 18.2. The van der Waals surface area contributed by atoms with Crippen LogP contribution in [0.3, 0.4) is 0 Å². The second kappa shape index (κ2) is 8.69. The van der Waals surface area contributed by atoms with Gasteiger partial charge in [-0.1, -0.05) is 6.42 Å². The second-order valence-electron chi connectivity index (χ2n) is 7.11. The van der Waals surface area contributed by atoms with Gasteiger partial charge < -0.3 is 13.9 Å². The molecule has 26 heavy (non-hydrogen) atoms. The summed E-state index contributed by atoms with van der Waals surface area (Å²) in [5.41, 5.74) is 3.11. The first-order chi connectivity index (χ1) is 12.6. The van der Waals surface area contributed by atoms with Crippen LogP contribution < -0.4 is 4.74 Å². The van der Waals surface area contributed by atoms with E-state index in [1.807, 2.05) is 26.0 Å². The van der Waals surface area contributed by atoms with Gasteiger partial charge in [-0.15, -0.1) is 0 Å². The molecule has 1 aromatic heterocycles. The zero-order valence-corrected chi connectivity index (χ0v) is 16.4. The van der Waals surface area contributed by atoms with Crippen LogP contribution in [0.25, 0.3) is 11.5 Å². The van der Waals surface area contributed by atoms with Crippen molar-refractivity contribution in [3.05, 3.63) is 35.2 Å². The fourth-order valence-electron chi connectivity index (χ4n) is 3.75. The van der Waals surface area contributed by atoms with Gasteiger partial charge in [0.25, 0.3) is 0 Å². The van der Waals surface area contributed by atoms with Gasteiger partial charge in [-0.2, -0.15) is 0 Å². The molecule has 2 heterocycles. The maximum absolute atomic E-state index is 5.98. The maximum Gasteiger partial charge on any atom is 0.226 e. The number of methoxy groups -OCH3 is 2. The van der Waals surface area contributed by atoms with Crippen LogP contribution in [0.15, 0.2) is 22.6 Å². The lowest BCUT2D eigenvalue weighted by Crippen LogP contribution is -2.39. The van der Waals surface area contributed by atoms with E-state index in [4.69, 9.17) is 18.9 Å². The van der Waals surface area contributed by atoms with E-state index in [1.54, 1.807) is 14.2 Å². The first-order valence-corrected chi connectivity index (χ1v) is 9.46. The molecule has 1 aromatic carbocycles. The second-order valence-corrected chi connectivity index (χ2v) is 7.11. The summed E-state index contributed by atoms with van der Waals surface area (Å²) in [6, 6.07) is 6.61. The van der Waals surface area contributed by atoms with E-state index in [0.29, 0.717) is 11.9 Å². The number of oxazole rings is 1. The molecule has 0 N–H and O–H groups in total. The molecule has 1 aliphatic rings. The van der Waals surface area contributed by atoms with E-state index in [-0.39, 0.29) is 0 Å². The monoisotopic (exact) mass is 358 g/mol. The Balaban J connectivity index is 1.76. The van der Waals surface area contributed by atoms with Gasteiger partial charge in [0.2, 0.25) is 5.89 Å². The molecular weight excluding hydrogens is 328 g/mol. The molecule has 0 aliphatic carbocycles. The Morgan fingerprint density at radius 2 is 2.08 bits per heavy atom. The smallest absolute Gasteiger partial charge is 0.226 e. The summed E-state index contributed by atoms with van der Waals surface area (Å²) in [6.45, 7) is 6.83. The van der Waals surface area contributed by atoms with Crippen LogP contribution in [0.1, 0.15) is 42.7 Å². The van der Waals surface area contributed by atoms with Crippen LogP contribution in [0.5, 0.6) is 5.75 Å². The summed E-state index contributed by atoms with van der Waals surface area (Å²) in [6.07, 6.45) is 4.88. The predicted octanol–water partition coefficient (Wildman–Crippen LogP) is 4.36. The third-order valence-electron chi connectivity index (χ3n) is 5.29. The average molecular weight is 358 g/mol. The minimum atomic E-state index is 0.575. The molecule has 5 nitrogen and oxygen atoms in total. The van der Waals surface area contributed by atoms with Crippen molar-refractivity contribution < 1.29 is 13.9 Å². The van der Waals surface area contributed by atoms with E-state index in [2.05, 4.69) is 11.0 Å². The summed E-state index contributed by atoms with van der Waals surface area (Å²) >= 11 is 0. The summed E-state index contributed by atoms with van der Waals surface area (Å²) in [7, 11) is 3.46. The number of hydrogen-bond acceptors (Lipinski definition) is 5. The van der Waals surface area contributed by atoms with Crippen LogP contribution in [0.4, 0.5) is 0 Å². The molecule has 3 rings (SSSR count). The highest BCUT2D eigenvalue weighted by molar-refractivity contribution is 5.57. The average Bonchev–Trinajstić information content (AvgIpc) is 3.01. The van der Waals surface area contributed by atoms with Crippen LogP contribution in [-0.4, -0.2) is 43.3 Å².